The van der Waals surface area contributed by atoms with Crippen molar-refractivity contribution in [2.45, 2.75) is 25.3 Å². The van der Waals surface area contributed by atoms with Gasteiger partial charge >= 0.3 is 0 Å². The van der Waals surface area contributed by atoms with E-state index in [4.69, 9.17) is 22.7 Å². The van der Waals surface area contributed by atoms with Crippen molar-refractivity contribution in [3.05, 3.63) is 29.3 Å². The molecule has 0 radical (unpaired) electrons. The van der Waals surface area contributed by atoms with Crippen molar-refractivity contribution in [3.8, 4) is 0 Å². The van der Waals surface area contributed by atoms with Gasteiger partial charge in [-0.15, -0.1) is 0 Å². The lowest BCUT2D eigenvalue weighted by Gasteiger charge is -2.35. The Labute approximate surface area is 116 Å². The molecular formula is C13H16F2N2OS. The van der Waals surface area contributed by atoms with Crippen LogP contribution in [0.2, 0.25) is 0 Å². The SMILES string of the molecule is CC1(Nc2c(F)cc(C(N)=S)cc2F)CCOCC1. The van der Waals surface area contributed by atoms with Crippen LogP contribution >= 0.6 is 12.2 Å². The molecule has 0 aliphatic carbocycles. The molecule has 1 aliphatic heterocycles. The normalized spacial score (nSPS) is 18.1. The van der Waals surface area contributed by atoms with Crippen LogP contribution in [-0.2, 0) is 4.74 Å². The molecule has 0 bridgehead atoms. The van der Waals surface area contributed by atoms with Crippen molar-refractivity contribution in [2.24, 2.45) is 5.73 Å². The van der Waals surface area contributed by atoms with Gasteiger partial charge in [-0.05, 0) is 31.9 Å². The Hall–Kier alpha value is -1.27. The first kappa shape index (κ1) is 14.1. The van der Waals surface area contributed by atoms with E-state index in [0.29, 0.717) is 26.1 Å². The molecular weight excluding hydrogens is 270 g/mol. The molecule has 6 heteroatoms. The standard InChI is InChI=1S/C13H16F2N2OS/c1-13(2-4-18-5-3-13)17-11-9(14)6-8(12(16)19)7-10(11)15/h6-7,17H,2-5H2,1H3,(H2,16,19). The topological polar surface area (TPSA) is 47.3 Å². The van der Waals surface area contributed by atoms with Crippen molar-refractivity contribution >= 4 is 22.9 Å². The minimum Gasteiger partial charge on any atom is -0.389 e. The zero-order chi connectivity index (χ0) is 14.0. The van der Waals surface area contributed by atoms with E-state index in [0.717, 1.165) is 12.1 Å². The lowest BCUT2D eigenvalue weighted by molar-refractivity contribution is 0.0656. The van der Waals surface area contributed by atoms with Gasteiger partial charge in [0.2, 0.25) is 0 Å². The Bertz CT molecular complexity index is 478. The number of rotatable bonds is 3. The second kappa shape index (κ2) is 5.38. The molecule has 2 rings (SSSR count). The number of nitrogens with two attached hydrogens (primary N) is 1. The van der Waals surface area contributed by atoms with Crippen LogP contribution in [-0.4, -0.2) is 23.7 Å². The van der Waals surface area contributed by atoms with Crippen LogP contribution in [0.1, 0.15) is 25.3 Å². The number of ether oxygens (including phenoxy) is 1. The van der Waals surface area contributed by atoms with Gasteiger partial charge in [-0.3, -0.25) is 0 Å². The van der Waals surface area contributed by atoms with E-state index in [9.17, 15) is 8.78 Å². The molecule has 1 saturated heterocycles. The van der Waals surface area contributed by atoms with Crippen molar-refractivity contribution in [3.63, 3.8) is 0 Å². The summed E-state index contributed by atoms with van der Waals surface area (Å²) in [7, 11) is 0. The lowest BCUT2D eigenvalue weighted by atomic mass is 9.92. The molecule has 0 amide bonds. The maximum Gasteiger partial charge on any atom is 0.150 e. The highest BCUT2D eigenvalue weighted by molar-refractivity contribution is 7.80. The maximum absolute atomic E-state index is 13.9. The largest absolute Gasteiger partial charge is 0.389 e. The Balaban J connectivity index is 2.27. The van der Waals surface area contributed by atoms with E-state index in [-0.39, 0.29) is 21.8 Å². The smallest absolute Gasteiger partial charge is 0.150 e. The first-order chi connectivity index (χ1) is 8.91. The summed E-state index contributed by atoms with van der Waals surface area (Å²) >= 11 is 4.72. The predicted octanol–water partition coefficient (Wildman–Crippen LogP) is 2.58. The monoisotopic (exact) mass is 286 g/mol. The van der Waals surface area contributed by atoms with E-state index < -0.39 is 11.6 Å². The van der Waals surface area contributed by atoms with Gasteiger partial charge in [0.1, 0.15) is 22.3 Å². The highest BCUT2D eigenvalue weighted by Crippen LogP contribution is 2.29. The molecule has 3 N–H and O–H groups in total. The molecule has 1 aliphatic rings. The summed E-state index contributed by atoms with van der Waals surface area (Å²) in [5, 5.41) is 2.95. The summed E-state index contributed by atoms with van der Waals surface area (Å²) in [6.45, 7) is 3.09. The Morgan fingerprint density at radius 2 is 1.84 bits per heavy atom. The second-order valence-electron chi connectivity index (χ2n) is 4.98. The third-order valence-corrected chi connectivity index (χ3v) is 3.59. The minimum atomic E-state index is -0.685. The number of hydrogen-bond donors (Lipinski definition) is 2. The summed E-state index contributed by atoms with van der Waals surface area (Å²) < 4.78 is 33.1. The summed E-state index contributed by atoms with van der Waals surface area (Å²) in [6, 6.07) is 2.30. The van der Waals surface area contributed by atoms with Gasteiger partial charge in [-0.1, -0.05) is 12.2 Å². The van der Waals surface area contributed by atoms with Gasteiger partial charge in [0.15, 0.2) is 0 Å². The molecule has 0 aromatic heterocycles. The van der Waals surface area contributed by atoms with Crippen LogP contribution in [0.5, 0.6) is 0 Å². The molecule has 0 unspecified atom stereocenters. The van der Waals surface area contributed by atoms with Gasteiger partial charge in [0, 0.05) is 24.3 Å². The van der Waals surface area contributed by atoms with Crippen LogP contribution < -0.4 is 11.1 Å². The highest BCUT2D eigenvalue weighted by Gasteiger charge is 2.29. The van der Waals surface area contributed by atoms with Gasteiger partial charge < -0.3 is 15.8 Å². The first-order valence-electron chi connectivity index (χ1n) is 6.06. The maximum atomic E-state index is 13.9. The van der Waals surface area contributed by atoms with Crippen molar-refractivity contribution in [1.82, 2.24) is 0 Å². The van der Waals surface area contributed by atoms with Gasteiger partial charge in [-0.2, -0.15) is 0 Å². The summed E-state index contributed by atoms with van der Waals surface area (Å²) in [6.07, 6.45) is 1.39. The fourth-order valence-corrected chi connectivity index (χ4v) is 2.20. The van der Waals surface area contributed by atoms with Crippen LogP contribution in [0.15, 0.2) is 12.1 Å². The fraction of sp³-hybridized carbons (Fsp3) is 0.462. The molecule has 0 spiro atoms. The number of anilines is 1. The molecule has 3 nitrogen and oxygen atoms in total. The first-order valence-corrected chi connectivity index (χ1v) is 6.47. The second-order valence-corrected chi connectivity index (χ2v) is 5.42. The van der Waals surface area contributed by atoms with Crippen molar-refractivity contribution in [2.75, 3.05) is 18.5 Å². The molecule has 104 valence electrons. The van der Waals surface area contributed by atoms with Crippen LogP contribution in [0.4, 0.5) is 14.5 Å². The quantitative estimate of drug-likeness (QED) is 0.839. The van der Waals surface area contributed by atoms with Gasteiger partial charge in [0.25, 0.3) is 0 Å². The molecule has 0 atom stereocenters. The summed E-state index contributed by atoms with van der Waals surface area (Å²) in [5.41, 5.74) is 5.06. The number of thiocarbonyl (C=S) groups is 1. The third kappa shape index (κ3) is 3.19. The van der Waals surface area contributed by atoms with E-state index in [1.807, 2.05) is 6.92 Å². The van der Waals surface area contributed by atoms with Crippen LogP contribution in [0.25, 0.3) is 0 Å². The lowest BCUT2D eigenvalue weighted by Crippen LogP contribution is -2.41. The Kier molecular flexibility index (Phi) is 4.01. The zero-order valence-corrected chi connectivity index (χ0v) is 11.4. The van der Waals surface area contributed by atoms with E-state index in [1.54, 1.807) is 0 Å². The number of halogens is 2. The Morgan fingerprint density at radius 1 is 1.32 bits per heavy atom. The number of nitrogens with one attached hydrogen (secondary N) is 1. The van der Waals surface area contributed by atoms with Crippen molar-refractivity contribution in [1.29, 1.82) is 0 Å². The molecule has 1 fully saturated rings. The molecule has 0 saturated carbocycles. The zero-order valence-electron chi connectivity index (χ0n) is 10.6. The van der Waals surface area contributed by atoms with E-state index in [2.05, 4.69) is 5.32 Å². The Morgan fingerprint density at radius 3 is 2.32 bits per heavy atom. The summed E-state index contributed by atoms with van der Waals surface area (Å²) in [5.74, 6) is -1.37. The average Bonchev–Trinajstić information content (AvgIpc) is 2.34. The third-order valence-electron chi connectivity index (χ3n) is 3.35. The summed E-state index contributed by atoms with van der Waals surface area (Å²) in [4.78, 5) is -0.0263. The van der Waals surface area contributed by atoms with Gasteiger partial charge in [-0.25, -0.2) is 8.78 Å². The molecule has 1 aromatic carbocycles. The van der Waals surface area contributed by atoms with Gasteiger partial charge in [0.05, 0.1) is 0 Å². The highest BCUT2D eigenvalue weighted by atomic mass is 32.1. The van der Waals surface area contributed by atoms with E-state index in [1.165, 1.54) is 0 Å². The number of hydrogen-bond acceptors (Lipinski definition) is 3. The molecule has 1 aromatic rings. The number of benzene rings is 1. The molecule has 19 heavy (non-hydrogen) atoms. The minimum absolute atomic E-state index is 0.0263. The van der Waals surface area contributed by atoms with Crippen LogP contribution in [0.3, 0.4) is 0 Å². The van der Waals surface area contributed by atoms with E-state index >= 15 is 0 Å². The molecule has 1 heterocycles. The fourth-order valence-electron chi connectivity index (χ4n) is 2.08. The predicted molar refractivity (Wildman–Crippen MR) is 74.3 cm³/mol. The van der Waals surface area contributed by atoms with Crippen LogP contribution in [0, 0.1) is 11.6 Å². The average molecular weight is 286 g/mol. The van der Waals surface area contributed by atoms with Crippen molar-refractivity contribution < 1.29 is 13.5 Å².